The van der Waals surface area contributed by atoms with Crippen molar-refractivity contribution in [3.8, 4) is 0 Å². The number of nitrogens with one attached hydrogen (secondary N) is 1. The second kappa shape index (κ2) is 7.79. The van der Waals surface area contributed by atoms with Gasteiger partial charge in [-0.2, -0.15) is 5.10 Å². The maximum Gasteiger partial charge on any atom is 0.229 e. The van der Waals surface area contributed by atoms with Gasteiger partial charge in [-0.3, -0.25) is 10.2 Å². The topological polar surface area (TPSA) is 75.6 Å². The Labute approximate surface area is 150 Å². The molecule has 0 aliphatic rings. The number of ketones is 1. The van der Waals surface area contributed by atoms with Gasteiger partial charge in [0.25, 0.3) is 0 Å². The number of rotatable bonds is 5. The Balaban J connectivity index is 2.40. The van der Waals surface area contributed by atoms with Crippen molar-refractivity contribution < 1.29 is 13.2 Å². The second-order valence-electron chi connectivity index (χ2n) is 4.77. The SMILES string of the molecule is CCC(=O)/C(=N\Nc1ccc(Cl)cc1)S(=O)(=O)c1ccc(Cl)cc1. The molecule has 8 heteroatoms. The number of hydrazone groups is 1. The van der Waals surface area contributed by atoms with Crippen LogP contribution >= 0.6 is 23.2 Å². The van der Waals surface area contributed by atoms with E-state index in [0.717, 1.165) is 0 Å². The molecule has 2 aromatic rings. The van der Waals surface area contributed by atoms with E-state index in [0.29, 0.717) is 15.7 Å². The van der Waals surface area contributed by atoms with Gasteiger partial charge in [-0.1, -0.05) is 30.1 Å². The van der Waals surface area contributed by atoms with Gasteiger partial charge >= 0.3 is 0 Å². The van der Waals surface area contributed by atoms with Crippen LogP contribution in [-0.2, 0) is 14.6 Å². The zero-order chi connectivity index (χ0) is 17.7. The summed E-state index contributed by atoms with van der Waals surface area (Å²) in [5.41, 5.74) is 3.08. The summed E-state index contributed by atoms with van der Waals surface area (Å²) in [5.74, 6) is -0.591. The van der Waals surface area contributed by atoms with Crippen LogP contribution in [0.5, 0.6) is 0 Å². The molecule has 0 aliphatic carbocycles. The van der Waals surface area contributed by atoms with E-state index >= 15 is 0 Å². The van der Waals surface area contributed by atoms with Crippen molar-refractivity contribution in [1.82, 2.24) is 0 Å². The summed E-state index contributed by atoms with van der Waals surface area (Å²) < 4.78 is 25.3. The molecule has 0 heterocycles. The summed E-state index contributed by atoms with van der Waals surface area (Å²) in [6.07, 6.45) is 0.00789. The molecule has 126 valence electrons. The quantitative estimate of drug-likeness (QED) is 0.476. The molecule has 2 aromatic carbocycles. The van der Waals surface area contributed by atoms with Crippen LogP contribution in [0.2, 0.25) is 10.0 Å². The molecule has 0 amide bonds. The fraction of sp³-hybridized carbons (Fsp3) is 0.125. The third-order valence-corrected chi connectivity index (χ3v) is 5.29. The van der Waals surface area contributed by atoms with Gasteiger partial charge in [-0.05, 0) is 48.5 Å². The fourth-order valence-electron chi connectivity index (χ4n) is 1.79. The van der Waals surface area contributed by atoms with Gasteiger partial charge in [0.15, 0.2) is 5.78 Å². The Bertz CT molecular complexity index is 861. The van der Waals surface area contributed by atoms with Crippen LogP contribution in [0.4, 0.5) is 5.69 Å². The van der Waals surface area contributed by atoms with Crippen LogP contribution in [0, 0.1) is 0 Å². The number of halogens is 2. The van der Waals surface area contributed by atoms with Crippen LogP contribution in [0.1, 0.15) is 13.3 Å². The maximum atomic E-state index is 12.7. The number of benzene rings is 2. The predicted octanol–water partition coefficient (Wildman–Crippen LogP) is 4.17. The largest absolute Gasteiger partial charge is 0.292 e. The third-order valence-electron chi connectivity index (χ3n) is 3.07. The molecule has 0 spiro atoms. The fourth-order valence-corrected chi connectivity index (χ4v) is 3.37. The molecule has 0 atom stereocenters. The van der Waals surface area contributed by atoms with Gasteiger partial charge in [-0.15, -0.1) is 0 Å². The second-order valence-corrected chi connectivity index (χ2v) is 7.51. The Kier molecular flexibility index (Phi) is 5.99. The highest BCUT2D eigenvalue weighted by Crippen LogP contribution is 2.18. The number of sulfone groups is 1. The van der Waals surface area contributed by atoms with Crippen molar-refractivity contribution in [2.45, 2.75) is 18.2 Å². The molecular weight excluding hydrogens is 371 g/mol. The van der Waals surface area contributed by atoms with E-state index in [1.54, 1.807) is 31.2 Å². The standard InChI is InChI=1S/C16H14Cl2N2O3S/c1-2-15(21)16(20-19-13-7-3-11(17)4-8-13)24(22,23)14-9-5-12(18)6-10-14/h3-10,19H,2H2,1H3/b20-16+. The summed E-state index contributed by atoms with van der Waals surface area (Å²) in [6, 6.07) is 12.0. The predicted molar refractivity (Wildman–Crippen MR) is 96.4 cm³/mol. The summed E-state index contributed by atoms with van der Waals surface area (Å²) in [5, 5.41) is 4.19. The van der Waals surface area contributed by atoms with Gasteiger partial charge in [-0.25, -0.2) is 8.42 Å². The molecule has 1 N–H and O–H groups in total. The molecular formula is C16H14Cl2N2O3S. The highest BCUT2D eigenvalue weighted by atomic mass is 35.5. The number of Topliss-reactive ketones (excluding diaryl/α,β-unsaturated/α-hetero) is 1. The number of carbonyl (C=O) groups excluding carboxylic acids is 1. The molecule has 0 fully saturated rings. The van der Waals surface area contributed by atoms with Gasteiger partial charge in [0, 0.05) is 16.5 Å². The van der Waals surface area contributed by atoms with Crippen LogP contribution in [-0.4, -0.2) is 19.2 Å². The first-order chi connectivity index (χ1) is 11.3. The molecule has 0 aliphatic heterocycles. The first-order valence-electron chi connectivity index (χ1n) is 6.97. The van der Waals surface area contributed by atoms with Crippen LogP contribution in [0.25, 0.3) is 0 Å². The summed E-state index contributed by atoms with van der Waals surface area (Å²) >= 11 is 11.6. The van der Waals surface area contributed by atoms with Crippen molar-refractivity contribution in [2.24, 2.45) is 5.10 Å². The number of nitrogens with zero attached hydrogens (tertiary/aromatic N) is 1. The molecule has 0 unspecified atom stereocenters. The van der Waals surface area contributed by atoms with E-state index in [-0.39, 0.29) is 11.3 Å². The lowest BCUT2D eigenvalue weighted by atomic mass is 10.3. The third kappa shape index (κ3) is 4.35. The Hall–Kier alpha value is -1.89. The first-order valence-corrected chi connectivity index (χ1v) is 9.21. The van der Waals surface area contributed by atoms with Crippen molar-refractivity contribution in [2.75, 3.05) is 5.43 Å². The molecule has 24 heavy (non-hydrogen) atoms. The van der Waals surface area contributed by atoms with Crippen LogP contribution in [0.15, 0.2) is 58.5 Å². The summed E-state index contributed by atoms with van der Waals surface area (Å²) in [7, 11) is -4.05. The zero-order valence-corrected chi connectivity index (χ0v) is 15.0. The van der Waals surface area contributed by atoms with E-state index in [1.807, 2.05) is 0 Å². The van der Waals surface area contributed by atoms with Crippen molar-refractivity contribution in [3.05, 3.63) is 58.6 Å². The molecule has 0 aromatic heterocycles. The lowest BCUT2D eigenvalue weighted by Gasteiger charge is -2.08. The summed E-state index contributed by atoms with van der Waals surface area (Å²) in [4.78, 5) is 12.0. The number of hydrogen-bond donors (Lipinski definition) is 1. The van der Waals surface area contributed by atoms with Crippen molar-refractivity contribution in [3.63, 3.8) is 0 Å². The highest BCUT2D eigenvalue weighted by Gasteiger charge is 2.28. The Morgan fingerprint density at radius 1 is 1.00 bits per heavy atom. The smallest absolute Gasteiger partial charge is 0.229 e. The van der Waals surface area contributed by atoms with Gasteiger partial charge in [0.1, 0.15) is 0 Å². The van der Waals surface area contributed by atoms with E-state index in [2.05, 4.69) is 10.5 Å². The maximum absolute atomic E-state index is 12.7. The van der Waals surface area contributed by atoms with Crippen LogP contribution < -0.4 is 5.43 Å². The number of anilines is 1. The number of carbonyl (C=O) groups is 1. The average Bonchev–Trinajstić information content (AvgIpc) is 2.56. The highest BCUT2D eigenvalue weighted by molar-refractivity contribution is 8.08. The minimum absolute atomic E-state index is 0.00789. The van der Waals surface area contributed by atoms with E-state index in [1.165, 1.54) is 24.3 Å². The zero-order valence-electron chi connectivity index (χ0n) is 12.7. The van der Waals surface area contributed by atoms with Gasteiger partial charge in [0.05, 0.1) is 10.6 Å². The van der Waals surface area contributed by atoms with E-state index in [4.69, 9.17) is 23.2 Å². The molecule has 0 bridgehead atoms. The number of hydrogen-bond acceptors (Lipinski definition) is 5. The van der Waals surface area contributed by atoms with Gasteiger partial charge < -0.3 is 0 Å². The van der Waals surface area contributed by atoms with E-state index < -0.39 is 20.7 Å². The normalized spacial score (nSPS) is 12.0. The van der Waals surface area contributed by atoms with Gasteiger partial charge in [0.2, 0.25) is 14.9 Å². The minimum atomic E-state index is -4.05. The van der Waals surface area contributed by atoms with Crippen molar-refractivity contribution >= 4 is 49.6 Å². The lowest BCUT2D eigenvalue weighted by Crippen LogP contribution is -2.25. The Morgan fingerprint density at radius 2 is 1.50 bits per heavy atom. The lowest BCUT2D eigenvalue weighted by molar-refractivity contribution is -0.112. The van der Waals surface area contributed by atoms with E-state index in [9.17, 15) is 13.2 Å². The first kappa shape index (κ1) is 18.4. The van der Waals surface area contributed by atoms with Crippen molar-refractivity contribution in [1.29, 1.82) is 0 Å². The molecule has 5 nitrogen and oxygen atoms in total. The summed E-state index contributed by atoms with van der Waals surface area (Å²) in [6.45, 7) is 1.57. The Morgan fingerprint density at radius 3 is 2.00 bits per heavy atom. The average molecular weight is 385 g/mol. The molecule has 0 saturated carbocycles. The minimum Gasteiger partial charge on any atom is -0.292 e. The molecule has 0 radical (unpaired) electrons. The monoisotopic (exact) mass is 384 g/mol. The molecule has 0 saturated heterocycles. The van der Waals surface area contributed by atoms with Crippen LogP contribution in [0.3, 0.4) is 0 Å². The molecule has 2 rings (SSSR count).